The van der Waals surface area contributed by atoms with Crippen LogP contribution in [0.2, 0.25) is 0 Å². The summed E-state index contributed by atoms with van der Waals surface area (Å²) in [5, 5.41) is 3.68. The van der Waals surface area contributed by atoms with Crippen molar-refractivity contribution in [2.75, 3.05) is 13.2 Å². The molecule has 1 rings (SSSR count). The highest BCUT2D eigenvalue weighted by atomic mass is 16.5. The molecule has 3 atom stereocenters. The first-order valence-electron chi connectivity index (χ1n) is 6.22. The standard InChI is InChI=1S/C12H26N2O/c1-4-15-8-12(9(2)3)14-11-6-5-10(13)7-11/h9-12,14H,4-8,13H2,1-3H3. The van der Waals surface area contributed by atoms with Crippen LogP contribution < -0.4 is 11.1 Å². The Morgan fingerprint density at radius 1 is 1.40 bits per heavy atom. The highest BCUT2D eigenvalue weighted by Gasteiger charge is 2.25. The fourth-order valence-electron chi connectivity index (χ4n) is 2.15. The van der Waals surface area contributed by atoms with Crippen molar-refractivity contribution in [2.45, 2.75) is 58.2 Å². The van der Waals surface area contributed by atoms with E-state index in [9.17, 15) is 0 Å². The van der Waals surface area contributed by atoms with E-state index >= 15 is 0 Å². The number of hydrogen-bond donors (Lipinski definition) is 2. The minimum Gasteiger partial charge on any atom is -0.380 e. The van der Waals surface area contributed by atoms with E-state index in [-0.39, 0.29) is 0 Å². The van der Waals surface area contributed by atoms with E-state index in [1.807, 2.05) is 6.92 Å². The SMILES string of the molecule is CCOCC(NC1CCC(N)C1)C(C)C. The van der Waals surface area contributed by atoms with Gasteiger partial charge in [-0.05, 0) is 32.1 Å². The summed E-state index contributed by atoms with van der Waals surface area (Å²) in [7, 11) is 0. The second-order valence-electron chi connectivity index (χ2n) is 4.95. The van der Waals surface area contributed by atoms with Crippen LogP contribution in [-0.4, -0.2) is 31.3 Å². The largest absolute Gasteiger partial charge is 0.380 e. The van der Waals surface area contributed by atoms with E-state index in [2.05, 4.69) is 19.2 Å². The van der Waals surface area contributed by atoms with E-state index in [4.69, 9.17) is 10.5 Å². The lowest BCUT2D eigenvalue weighted by atomic mass is 10.0. The molecule has 15 heavy (non-hydrogen) atoms. The zero-order valence-corrected chi connectivity index (χ0v) is 10.3. The first kappa shape index (κ1) is 12.9. The molecule has 3 heteroatoms. The average molecular weight is 214 g/mol. The Kier molecular flexibility index (Phi) is 5.58. The van der Waals surface area contributed by atoms with Gasteiger partial charge in [0.05, 0.1) is 6.61 Å². The van der Waals surface area contributed by atoms with E-state index < -0.39 is 0 Å². The van der Waals surface area contributed by atoms with Crippen LogP contribution in [0.25, 0.3) is 0 Å². The quantitative estimate of drug-likeness (QED) is 0.704. The third-order valence-corrected chi connectivity index (χ3v) is 3.23. The van der Waals surface area contributed by atoms with Gasteiger partial charge in [0.25, 0.3) is 0 Å². The van der Waals surface area contributed by atoms with E-state index in [0.717, 1.165) is 26.1 Å². The van der Waals surface area contributed by atoms with Gasteiger partial charge in [-0.2, -0.15) is 0 Å². The van der Waals surface area contributed by atoms with Crippen molar-refractivity contribution in [3.8, 4) is 0 Å². The van der Waals surface area contributed by atoms with Gasteiger partial charge in [0.1, 0.15) is 0 Å². The van der Waals surface area contributed by atoms with Gasteiger partial charge in [-0.15, -0.1) is 0 Å². The molecule has 3 N–H and O–H groups in total. The lowest BCUT2D eigenvalue weighted by Gasteiger charge is -2.26. The Labute approximate surface area is 93.8 Å². The molecule has 0 bridgehead atoms. The molecule has 0 aliphatic heterocycles. The fraction of sp³-hybridized carbons (Fsp3) is 1.00. The molecule has 1 saturated carbocycles. The molecule has 0 heterocycles. The second-order valence-corrected chi connectivity index (χ2v) is 4.95. The molecule has 1 fully saturated rings. The predicted octanol–water partition coefficient (Wildman–Crippen LogP) is 1.52. The van der Waals surface area contributed by atoms with Gasteiger partial charge in [0.15, 0.2) is 0 Å². The minimum atomic E-state index is 0.405. The summed E-state index contributed by atoms with van der Waals surface area (Å²) in [6.45, 7) is 8.15. The number of nitrogens with one attached hydrogen (secondary N) is 1. The second kappa shape index (κ2) is 6.46. The topological polar surface area (TPSA) is 47.3 Å². The summed E-state index contributed by atoms with van der Waals surface area (Å²) in [6.07, 6.45) is 3.50. The van der Waals surface area contributed by atoms with E-state index in [0.29, 0.717) is 24.0 Å². The lowest BCUT2D eigenvalue weighted by molar-refractivity contribution is 0.103. The zero-order valence-electron chi connectivity index (χ0n) is 10.3. The van der Waals surface area contributed by atoms with Crippen LogP contribution in [0.15, 0.2) is 0 Å². The summed E-state index contributed by atoms with van der Waals surface area (Å²) in [4.78, 5) is 0. The van der Waals surface area contributed by atoms with Gasteiger partial charge in [0, 0.05) is 24.7 Å². The van der Waals surface area contributed by atoms with Gasteiger partial charge in [-0.1, -0.05) is 13.8 Å². The van der Waals surface area contributed by atoms with Crippen LogP contribution in [0.5, 0.6) is 0 Å². The zero-order chi connectivity index (χ0) is 11.3. The Morgan fingerprint density at radius 3 is 2.60 bits per heavy atom. The predicted molar refractivity (Wildman–Crippen MR) is 63.9 cm³/mol. The minimum absolute atomic E-state index is 0.405. The highest BCUT2D eigenvalue weighted by Crippen LogP contribution is 2.18. The maximum Gasteiger partial charge on any atom is 0.0622 e. The summed E-state index contributed by atoms with van der Waals surface area (Å²) < 4.78 is 5.50. The van der Waals surface area contributed by atoms with E-state index in [1.165, 1.54) is 6.42 Å². The maximum atomic E-state index is 5.91. The Hall–Kier alpha value is -0.120. The van der Waals surface area contributed by atoms with Gasteiger partial charge in [0.2, 0.25) is 0 Å². The highest BCUT2D eigenvalue weighted by molar-refractivity contribution is 4.86. The van der Waals surface area contributed by atoms with Crippen LogP contribution in [-0.2, 0) is 4.74 Å². The molecule has 1 aliphatic carbocycles. The summed E-state index contributed by atoms with van der Waals surface area (Å²) in [6, 6.07) is 1.48. The van der Waals surface area contributed by atoms with Crippen molar-refractivity contribution in [1.82, 2.24) is 5.32 Å². The van der Waals surface area contributed by atoms with Crippen molar-refractivity contribution >= 4 is 0 Å². The van der Waals surface area contributed by atoms with Gasteiger partial charge >= 0.3 is 0 Å². The van der Waals surface area contributed by atoms with Gasteiger partial charge in [-0.3, -0.25) is 0 Å². The Balaban J connectivity index is 2.30. The molecule has 90 valence electrons. The van der Waals surface area contributed by atoms with Crippen molar-refractivity contribution in [2.24, 2.45) is 11.7 Å². The molecule has 0 radical (unpaired) electrons. The van der Waals surface area contributed by atoms with Gasteiger partial charge in [-0.25, -0.2) is 0 Å². The van der Waals surface area contributed by atoms with Gasteiger partial charge < -0.3 is 15.8 Å². The van der Waals surface area contributed by atoms with Crippen molar-refractivity contribution in [1.29, 1.82) is 0 Å². The lowest BCUT2D eigenvalue weighted by Crippen LogP contribution is -2.43. The molecule has 0 aromatic rings. The Bertz CT molecular complexity index is 173. The van der Waals surface area contributed by atoms with Crippen molar-refractivity contribution in [3.63, 3.8) is 0 Å². The number of ether oxygens (including phenoxy) is 1. The average Bonchev–Trinajstić information content (AvgIpc) is 2.58. The fourth-order valence-corrected chi connectivity index (χ4v) is 2.15. The molecule has 3 unspecified atom stereocenters. The first-order chi connectivity index (χ1) is 7.13. The normalized spacial score (nSPS) is 28.6. The third kappa shape index (κ3) is 4.49. The van der Waals surface area contributed by atoms with E-state index in [1.54, 1.807) is 0 Å². The molecule has 1 aliphatic rings. The van der Waals surface area contributed by atoms with Crippen LogP contribution in [0.3, 0.4) is 0 Å². The maximum absolute atomic E-state index is 5.91. The Morgan fingerprint density at radius 2 is 2.13 bits per heavy atom. The van der Waals surface area contributed by atoms with Crippen LogP contribution in [0.1, 0.15) is 40.0 Å². The molecule has 0 aromatic heterocycles. The third-order valence-electron chi connectivity index (χ3n) is 3.23. The molecular formula is C12H26N2O. The van der Waals surface area contributed by atoms with Crippen molar-refractivity contribution in [3.05, 3.63) is 0 Å². The number of nitrogens with two attached hydrogens (primary N) is 1. The number of hydrogen-bond acceptors (Lipinski definition) is 3. The summed E-state index contributed by atoms with van der Waals surface area (Å²) >= 11 is 0. The molecule has 3 nitrogen and oxygen atoms in total. The molecule has 0 amide bonds. The van der Waals surface area contributed by atoms with Crippen LogP contribution in [0.4, 0.5) is 0 Å². The molecule has 0 saturated heterocycles. The summed E-state index contributed by atoms with van der Waals surface area (Å²) in [5.74, 6) is 0.619. The molecular weight excluding hydrogens is 188 g/mol. The van der Waals surface area contributed by atoms with Crippen LogP contribution in [0, 0.1) is 5.92 Å². The first-order valence-corrected chi connectivity index (χ1v) is 6.22. The molecule has 0 aromatic carbocycles. The van der Waals surface area contributed by atoms with Crippen molar-refractivity contribution < 1.29 is 4.74 Å². The smallest absolute Gasteiger partial charge is 0.0622 e. The van der Waals surface area contributed by atoms with Crippen LogP contribution >= 0.6 is 0 Å². The monoisotopic (exact) mass is 214 g/mol. The summed E-state index contributed by atoms with van der Waals surface area (Å²) in [5.41, 5.74) is 5.91. The number of rotatable bonds is 6. The molecule has 0 spiro atoms.